The fourth-order valence-corrected chi connectivity index (χ4v) is 4.44. The maximum atomic E-state index is 12.5. The van der Waals surface area contributed by atoms with Gasteiger partial charge < -0.3 is 5.11 Å². The number of rotatable bonds is 3. The van der Waals surface area contributed by atoms with Crippen LogP contribution in [-0.2, 0) is 14.8 Å². The zero-order valence-corrected chi connectivity index (χ0v) is 11.9. The summed E-state index contributed by atoms with van der Waals surface area (Å²) in [5, 5.41) is 9.19. The second kappa shape index (κ2) is 5.11. The van der Waals surface area contributed by atoms with Gasteiger partial charge in [0.05, 0.1) is 5.02 Å². The second-order valence-corrected chi connectivity index (χ2v) is 6.81. The molecule has 0 aliphatic carbocycles. The molecule has 1 aromatic rings. The molecule has 0 radical (unpaired) electrons. The van der Waals surface area contributed by atoms with E-state index in [2.05, 4.69) is 0 Å². The standard InChI is InChI=1S/C12H14ClNO4S/c1-8-4-5-11(9(13)7-8)19(17,18)14-6-2-3-10(14)12(15)16/h4-5,7,10H,2-3,6H2,1H3,(H,15,16)/t10-/m0/s1. The average Bonchev–Trinajstić information content (AvgIpc) is 2.77. The van der Waals surface area contributed by atoms with Gasteiger partial charge in [-0.15, -0.1) is 0 Å². The largest absolute Gasteiger partial charge is 0.480 e. The van der Waals surface area contributed by atoms with Crippen LogP contribution in [0.25, 0.3) is 0 Å². The Morgan fingerprint density at radius 1 is 1.47 bits per heavy atom. The Balaban J connectivity index is 2.45. The molecular formula is C12H14ClNO4S. The van der Waals surface area contributed by atoms with Gasteiger partial charge in [-0.2, -0.15) is 4.31 Å². The molecule has 1 aliphatic heterocycles. The SMILES string of the molecule is Cc1ccc(S(=O)(=O)N2CCC[C@H]2C(=O)O)c(Cl)c1. The van der Waals surface area contributed by atoms with Crippen molar-refractivity contribution in [3.05, 3.63) is 28.8 Å². The summed E-state index contributed by atoms with van der Waals surface area (Å²) in [6.45, 7) is 2.02. The number of carbonyl (C=O) groups is 1. The van der Waals surface area contributed by atoms with Gasteiger partial charge in [0.1, 0.15) is 10.9 Å². The van der Waals surface area contributed by atoms with Crippen LogP contribution in [0.2, 0.25) is 5.02 Å². The highest BCUT2D eigenvalue weighted by atomic mass is 35.5. The Morgan fingerprint density at radius 3 is 2.74 bits per heavy atom. The summed E-state index contributed by atoms with van der Waals surface area (Å²) in [7, 11) is -3.86. The van der Waals surface area contributed by atoms with E-state index < -0.39 is 22.0 Å². The number of sulfonamides is 1. The molecule has 1 aliphatic rings. The van der Waals surface area contributed by atoms with Crippen LogP contribution in [0.5, 0.6) is 0 Å². The van der Waals surface area contributed by atoms with E-state index in [0.717, 1.165) is 9.87 Å². The van der Waals surface area contributed by atoms with Crippen LogP contribution >= 0.6 is 11.6 Å². The molecule has 1 N–H and O–H groups in total. The van der Waals surface area contributed by atoms with Crippen molar-refractivity contribution in [2.75, 3.05) is 6.54 Å². The third-order valence-electron chi connectivity index (χ3n) is 3.16. The van der Waals surface area contributed by atoms with Crippen molar-refractivity contribution in [3.63, 3.8) is 0 Å². The molecule has 0 saturated carbocycles. The molecule has 5 nitrogen and oxygen atoms in total. The molecule has 2 rings (SSSR count). The zero-order chi connectivity index (χ0) is 14.2. The molecule has 0 unspecified atom stereocenters. The highest BCUT2D eigenvalue weighted by Gasteiger charge is 2.40. The topological polar surface area (TPSA) is 74.7 Å². The predicted molar refractivity (Wildman–Crippen MR) is 70.7 cm³/mol. The molecule has 0 aromatic heterocycles. The maximum Gasteiger partial charge on any atom is 0.322 e. The number of nitrogens with zero attached hydrogens (tertiary/aromatic N) is 1. The first-order chi connectivity index (χ1) is 8.84. The molecule has 1 heterocycles. The zero-order valence-electron chi connectivity index (χ0n) is 10.3. The van der Waals surface area contributed by atoms with Crippen molar-refractivity contribution in [3.8, 4) is 0 Å². The van der Waals surface area contributed by atoms with Crippen LogP contribution in [0.3, 0.4) is 0 Å². The highest BCUT2D eigenvalue weighted by Crippen LogP contribution is 2.30. The minimum absolute atomic E-state index is 0.0343. The van der Waals surface area contributed by atoms with Crippen molar-refractivity contribution in [2.45, 2.75) is 30.7 Å². The Hall–Kier alpha value is -1.11. The van der Waals surface area contributed by atoms with Gasteiger partial charge in [-0.3, -0.25) is 4.79 Å². The minimum Gasteiger partial charge on any atom is -0.480 e. The average molecular weight is 304 g/mol. The van der Waals surface area contributed by atoms with Gasteiger partial charge in [0.15, 0.2) is 0 Å². The van der Waals surface area contributed by atoms with Gasteiger partial charge in [-0.05, 0) is 37.5 Å². The molecule has 1 saturated heterocycles. The first kappa shape index (κ1) is 14.3. The van der Waals surface area contributed by atoms with Crippen LogP contribution in [0.15, 0.2) is 23.1 Å². The van der Waals surface area contributed by atoms with Crippen molar-refractivity contribution < 1.29 is 18.3 Å². The molecule has 104 valence electrons. The first-order valence-electron chi connectivity index (χ1n) is 5.85. The number of hydrogen-bond donors (Lipinski definition) is 1. The van der Waals surface area contributed by atoms with E-state index in [4.69, 9.17) is 16.7 Å². The third kappa shape index (κ3) is 2.61. The van der Waals surface area contributed by atoms with Crippen LogP contribution in [-0.4, -0.2) is 36.4 Å². The summed E-state index contributed by atoms with van der Waals surface area (Å²) in [4.78, 5) is 11.1. The molecule has 0 spiro atoms. The van der Waals surface area contributed by atoms with Crippen LogP contribution in [0.1, 0.15) is 18.4 Å². The second-order valence-electron chi connectivity index (χ2n) is 4.55. The van der Waals surface area contributed by atoms with Crippen molar-refractivity contribution in [2.24, 2.45) is 0 Å². The van der Waals surface area contributed by atoms with Crippen LogP contribution < -0.4 is 0 Å². The quantitative estimate of drug-likeness (QED) is 0.925. The molecule has 1 atom stereocenters. The van der Waals surface area contributed by atoms with Gasteiger partial charge in [0, 0.05) is 6.54 Å². The smallest absolute Gasteiger partial charge is 0.322 e. The fourth-order valence-electron chi connectivity index (χ4n) is 2.22. The predicted octanol–water partition coefficient (Wildman–Crippen LogP) is 1.89. The van der Waals surface area contributed by atoms with Gasteiger partial charge in [-0.1, -0.05) is 17.7 Å². The highest BCUT2D eigenvalue weighted by molar-refractivity contribution is 7.89. The number of aryl methyl sites for hydroxylation is 1. The third-order valence-corrected chi connectivity index (χ3v) is 5.55. The van der Waals surface area contributed by atoms with Crippen LogP contribution in [0.4, 0.5) is 0 Å². The number of halogens is 1. The fraction of sp³-hybridized carbons (Fsp3) is 0.417. The van der Waals surface area contributed by atoms with Crippen LogP contribution in [0, 0.1) is 6.92 Å². The molecular weight excluding hydrogens is 290 g/mol. The number of benzene rings is 1. The van der Waals surface area contributed by atoms with E-state index in [1.807, 2.05) is 0 Å². The van der Waals surface area contributed by atoms with E-state index >= 15 is 0 Å². The van der Waals surface area contributed by atoms with E-state index in [-0.39, 0.29) is 16.5 Å². The molecule has 7 heteroatoms. The lowest BCUT2D eigenvalue weighted by Gasteiger charge is -2.21. The Kier molecular flexibility index (Phi) is 3.85. The van der Waals surface area contributed by atoms with Crippen molar-refractivity contribution in [1.82, 2.24) is 4.31 Å². The van der Waals surface area contributed by atoms with Gasteiger partial charge in [0.2, 0.25) is 10.0 Å². The molecule has 1 aromatic carbocycles. The summed E-state index contributed by atoms with van der Waals surface area (Å²) in [6, 6.07) is 3.62. The first-order valence-corrected chi connectivity index (χ1v) is 7.66. The normalized spacial score (nSPS) is 20.6. The summed E-state index contributed by atoms with van der Waals surface area (Å²) in [5.41, 5.74) is 0.847. The minimum atomic E-state index is -3.86. The van der Waals surface area contributed by atoms with Gasteiger partial charge >= 0.3 is 5.97 Å². The number of carboxylic acids is 1. The monoisotopic (exact) mass is 303 g/mol. The van der Waals surface area contributed by atoms with Gasteiger partial charge in [-0.25, -0.2) is 8.42 Å². The number of carboxylic acid groups (broad SMARTS) is 1. The van der Waals surface area contributed by atoms with Crippen molar-refractivity contribution in [1.29, 1.82) is 0 Å². The van der Waals surface area contributed by atoms with E-state index in [0.29, 0.717) is 12.8 Å². The lowest BCUT2D eigenvalue weighted by Crippen LogP contribution is -2.40. The lowest BCUT2D eigenvalue weighted by molar-refractivity contribution is -0.140. The number of aliphatic carboxylic acids is 1. The summed E-state index contributed by atoms with van der Waals surface area (Å²) in [5.74, 6) is -1.12. The Labute approximate surface area is 116 Å². The van der Waals surface area contributed by atoms with E-state index in [9.17, 15) is 13.2 Å². The van der Waals surface area contributed by atoms with E-state index in [1.165, 1.54) is 6.07 Å². The molecule has 1 fully saturated rings. The summed E-state index contributed by atoms with van der Waals surface area (Å²) in [6.07, 6.45) is 0.873. The van der Waals surface area contributed by atoms with Gasteiger partial charge in [0.25, 0.3) is 0 Å². The molecule has 0 bridgehead atoms. The summed E-state index contributed by atoms with van der Waals surface area (Å²) < 4.78 is 25.9. The van der Waals surface area contributed by atoms with Crippen molar-refractivity contribution >= 4 is 27.6 Å². The van der Waals surface area contributed by atoms with E-state index in [1.54, 1.807) is 19.1 Å². The number of hydrogen-bond acceptors (Lipinski definition) is 3. The Bertz CT molecular complexity index is 614. The Morgan fingerprint density at radius 2 is 2.16 bits per heavy atom. The maximum absolute atomic E-state index is 12.5. The molecule has 19 heavy (non-hydrogen) atoms. The lowest BCUT2D eigenvalue weighted by atomic mass is 10.2. The molecule has 0 amide bonds. The summed E-state index contributed by atoms with van der Waals surface area (Å²) >= 11 is 5.97.